The third-order valence-electron chi connectivity index (χ3n) is 2.10. The van der Waals surface area contributed by atoms with Crippen LogP contribution >= 0.6 is 0 Å². The van der Waals surface area contributed by atoms with Crippen LogP contribution in [0.5, 0.6) is 0 Å². The molecule has 4 nitrogen and oxygen atoms in total. The molecule has 0 heterocycles. The smallest absolute Gasteiger partial charge is 0.411 e. The quantitative estimate of drug-likeness (QED) is 0.626. The fourth-order valence-corrected chi connectivity index (χ4v) is 1.30. The molecule has 0 saturated carbocycles. The van der Waals surface area contributed by atoms with Gasteiger partial charge >= 0.3 is 12.1 Å². The van der Waals surface area contributed by atoms with Crippen molar-refractivity contribution in [1.29, 1.82) is 0 Å². The topological polar surface area (TPSA) is 58.6 Å². The Morgan fingerprint density at radius 3 is 2.25 bits per heavy atom. The van der Waals surface area contributed by atoms with Gasteiger partial charge in [-0.3, -0.25) is 0 Å². The van der Waals surface area contributed by atoms with Crippen molar-refractivity contribution in [2.75, 3.05) is 25.1 Å². The second kappa shape index (κ2) is 6.51. The minimum atomic E-state index is -4.47. The van der Waals surface area contributed by atoms with E-state index in [1.54, 1.807) is 0 Å². The van der Waals surface area contributed by atoms with Gasteiger partial charge in [-0.15, -0.1) is 0 Å². The second-order valence-electron chi connectivity index (χ2n) is 3.71. The molecule has 112 valence electrons. The predicted octanol–water partition coefficient (Wildman–Crippen LogP) is 2.65. The molecule has 0 unspecified atom stereocenters. The van der Waals surface area contributed by atoms with Crippen molar-refractivity contribution in [2.24, 2.45) is 0 Å². The summed E-state index contributed by atoms with van der Waals surface area (Å²) in [5.74, 6) is -3.81. The lowest BCUT2D eigenvalue weighted by Crippen LogP contribution is -2.20. The molecule has 0 aliphatic carbocycles. The fraction of sp³-hybridized carbons (Fsp3) is 0.364. The number of nitrogens with one attached hydrogen (secondary N) is 1. The van der Waals surface area contributed by atoms with Crippen LogP contribution in [0.1, 0.15) is 10.4 Å². The lowest BCUT2D eigenvalue weighted by Gasteiger charge is -2.11. The first kappa shape index (κ1) is 16.2. The van der Waals surface area contributed by atoms with E-state index >= 15 is 0 Å². The van der Waals surface area contributed by atoms with E-state index in [0.717, 1.165) is 0 Å². The number of halogens is 5. The van der Waals surface area contributed by atoms with Crippen molar-refractivity contribution in [3.05, 3.63) is 29.3 Å². The molecule has 9 heteroatoms. The van der Waals surface area contributed by atoms with Crippen molar-refractivity contribution >= 4 is 11.7 Å². The number of ether oxygens (including phenoxy) is 1. The first-order chi connectivity index (χ1) is 9.20. The molecule has 20 heavy (non-hydrogen) atoms. The van der Waals surface area contributed by atoms with Gasteiger partial charge in [-0.25, -0.2) is 13.6 Å². The number of rotatable bonds is 6. The standard InChI is InChI=1S/C11H10F5NO3/c12-7-3-6(10(18)19)4-8(13)9(7)17-1-2-20-5-11(14,15)16/h3-4,17H,1-2,5H2,(H,18,19). The monoisotopic (exact) mass is 299 g/mol. The van der Waals surface area contributed by atoms with Gasteiger partial charge < -0.3 is 15.2 Å². The van der Waals surface area contributed by atoms with Crippen LogP contribution in [0.2, 0.25) is 0 Å². The zero-order valence-corrected chi connectivity index (χ0v) is 9.93. The van der Waals surface area contributed by atoms with Gasteiger partial charge in [0.05, 0.1) is 12.2 Å². The molecule has 1 aromatic rings. The summed E-state index contributed by atoms with van der Waals surface area (Å²) in [6.45, 7) is -2.15. The SMILES string of the molecule is O=C(O)c1cc(F)c(NCCOCC(F)(F)F)c(F)c1. The van der Waals surface area contributed by atoms with Gasteiger partial charge in [-0.1, -0.05) is 0 Å². The van der Waals surface area contributed by atoms with Gasteiger partial charge in [-0.2, -0.15) is 13.2 Å². The highest BCUT2D eigenvalue weighted by Crippen LogP contribution is 2.20. The molecule has 1 aromatic carbocycles. The zero-order valence-electron chi connectivity index (χ0n) is 9.93. The van der Waals surface area contributed by atoms with E-state index in [4.69, 9.17) is 5.11 Å². The molecule has 0 bridgehead atoms. The molecular weight excluding hydrogens is 289 g/mol. The highest BCUT2D eigenvalue weighted by atomic mass is 19.4. The van der Waals surface area contributed by atoms with Crippen molar-refractivity contribution in [1.82, 2.24) is 0 Å². The van der Waals surface area contributed by atoms with Gasteiger partial charge in [0.15, 0.2) is 0 Å². The summed E-state index contributed by atoms with van der Waals surface area (Å²) in [5, 5.41) is 10.8. The van der Waals surface area contributed by atoms with Crippen LogP contribution in [0, 0.1) is 11.6 Å². The maximum absolute atomic E-state index is 13.4. The Morgan fingerprint density at radius 2 is 1.80 bits per heavy atom. The van der Waals surface area contributed by atoms with E-state index in [9.17, 15) is 26.7 Å². The number of aromatic carboxylic acids is 1. The highest BCUT2D eigenvalue weighted by molar-refractivity contribution is 5.88. The van der Waals surface area contributed by atoms with Crippen molar-refractivity contribution in [3.63, 3.8) is 0 Å². The Bertz CT molecular complexity index is 466. The number of carbonyl (C=O) groups is 1. The Hall–Kier alpha value is -1.90. The largest absolute Gasteiger partial charge is 0.478 e. The molecule has 0 fully saturated rings. The minimum Gasteiger partial charge on any atom is -0.478 e. The predicted molar refractivity (Wildman–Crippen MR) is 58.7 cm³/mol. The van der Waals surface area contributed by atoms with Gasteiger partial charge in [0.25, 0.3) is 0 Å². The fourth-order valence-electron chi connectivity index (χ4n) is 1.30. The molecule has 2 N–H and O–H groups in total. The molecule has 0 amide bonds. The Kier molecular flexibility index (Phi) is 5.26. The summed E-state index contributed by atoms with van der Waals surface area (Å²) < 4.78 is 66.2. The number of benzene rings is 1. The molecule has 0 radical (unpaired) electrons. The van der Waals surface area contributed by atoms with Gasteiger partial charge in [-0.05, 0) is 12.1 Å². The highest BCUT2D eigenvalue weighted by Gasteiger charge is 2.27. The third-order valence-corrected chi connectivity index (χ3v) is 2.10. The van der Waals surface area contributed by atoms with E-state index in [-0.39, 0.29) is 6.54 Å². The molecule has 0 atom stereocenters. The number of carboxylic acid groups (broad SMARTS) is 1. The van der Waals surface area contributed by atoms with E-state index in [0.29, 0.717) is 12.1 Å². The average molecular weight is 299 g/mol. The molecular formula is C11H10F5NO3. The first-order valence-electron chi connectivity index (χ1n) is 5.31. The Morgan fingerprint density at radius 1 is 1.25 bits per heavy atom. The van der Waals surface area contributed by atoms with Crippen LogP contribution < -0.4 is 5.32 Å². The van der Waals surface area contributed by atoms with Crippen LogP contribution in [0.4, 0.5) is 27.6 Å². The first-order valence-corrected chi connectivity index (χ1v) is 5.31. The van der Waals surface area contributed by atoms with E-state index in [1.165, 1.54) is 0 Å². The normalized spacial score (nSPS) is 11.4. The molecule has 0 aliphatic rings. The molecule has 1 rings (SSSR count). The van der Waals surface area contributed by atoms with Crippen LogP contribution in [-0.4, -0.2) is 37.0 Å². The maximum Gasteiger partial charge on any atom is 0.411 e. The number of anilines is 1. The van der Waals surface area contributed by atoms with Gasteiger partial charge in [0, 0.05) is 6.54 Å². The minimum absolute atomic E-state index is 0.268. The average Bonchev–Trinajstić information content (AvgIpc) is 2.29. The lowest BCUT2D eigenvalue weighted by molar-refractivity contribution is -0.172. The summed E-state index contributed by atoms with van der Waals surface area (Å²) in [6.07, 6.45) is -4.47. The van der Waals surface area contributed by atoms with Crippen molar-refractivity contribution < 1.29 is 36.6 Å². The maximum atomic E-state index is 13.4. The summed E-state index contributed by atoms with van der Waals surface area (Å²) in [6, 6.07) is 1.20. The Balaban J connectivity index is 2.55. The number of carboxylic acids is 1. The summed E-state index contributed by atoms with van der Waals surface area (Å²) in [4.78, 5) is 10.5. The van der Waals surface area contributed by atoms with Crippen LogP contribution in [-0.2, 0) is 4.74 Å². The van der Waals surface area contributed by atoms with E-state index in [2.05, 4.69) is 10.1 Å². The third kappa shape index (κ3) is 5.00. The van der Waals surface area contributed by atoms with Crippen LogP contribution in [0.3, 0.4) is 0 Å². The van der Waals surface area contributed by atoms with Gasteiger partial charge in [0.2, 0.25) is 0 Å². The van der Waals surface area contributed by atoms with Crippen molar-refractivity contribution in [2.45, 2.75) is 6.18 Å². The summed E-state index contributed by atoms with van der Waals surface area (Å²) >= 11 is 0. The number of alkyl halides is 3. The summed E-state index contributed by atoms with van der Waals surface area (Å²) in [5.41, 5.74) is -1.19. The molecule has 0 aliphatic heterocycles. The van der Waals surface area contributed by atoms with Crippen LogP contribution in [0.15, 0.2) is 12.1 Å². The van der Waals surface area contributed by atoms with Crippen molar-refractivity contribution in [3.8, 4) is 0 Å². The van der Waals surface area contributed by atoms with Gasteiger partial charge in [0.1, 0.15) is 23.9 Å². The molecule has 0 saturated heterocycles. The van der Waals surface area contributed by atoms with Crippen LogP contribution in [0.25, 0.3) is 0 Å². The number of hydrogen-bond donors (Lipinski definition) is 2. The Labute approximate surface area is 110 Å². The molecule has 0 spiro atoms. The summed E-state index contributed by atoms with van der Waals surface area (Å²) in [7, 11) is 0. The lowest BCUT2D eigenvalue weighted by atomic mass is 10.2. The number of hydrogen-bond acceptors (Lipinski definition) is 3. The van der Waals surface area contributed by atoms with E-state index in [1.807, 2.05) is 0 Å². The van der Waals surface area contributed by atoms with E-state index < -0.39 is 48.2 Å². The second-order valence-corrected chi connectivity index (χ2v) is 3.71. The zero-order chi connectivity index (χ0) is 15.3. The molecule has 0 aromatic heterocycles.